The number of hydrogen-bond donors (Lipinski definition) is 1. The maximum absolute atomic E-state index is 12.4. The quantitative estimate of drug-likeness (QED) is 0.772. The van der Waals surface area contributed by atoms with Gasteiger partial charge in [0.1, 0.15) is 11.8 Å². The zero-order valence-corrected chi connectivity index (χ0v) is 18.3. The smallest absolute Gasteiger partial charge is 0.410 e. The zero-order chi connectivity index (χ0) is 23.5. The molecule has 2 atom stereocenters. The summed E-state index contributed by atoms with van der Waals surface area (Å²) < 4.78 is 10.9. The van der Waals surface area contributed by atoms with Gasteiger partial charge in [-0.1, -0.05) is 18.2 Å². The molecule has 1 aromatic rings. The summed E-state index contributed by atoms with van der Waals surface area (Å²) in [7, 11) is 0. The Kier molecular flexibility index (Phi) is 6.42. The van der Waals surface area contributed by atoms with E-state index in [4.69, 9.17) is 15.2 Å². The molecular weight excluding hydrogens is 406 g/mol. The summed E-state index contributed by atoms with van der Waals surface area (Å²) in [5.41, 5.74) is 5.98. The van der Waals surface area contributed by atoms with E-state index in [0.29, 0.717) is 16.9 Å². The molecule has 1 aromatic carbocycles. The molecule has 2 aliphatic rings. The van der Waals surface area contributed by atoms with E-state index in [0.717, 1.165) is 0 Å². The van der Waals surface area contributed by atoms with Crippen LogP contribution >= 0.6 is 0 Å². The largest absolute Gasteiger partial charge is 0.491 e. The van der Waals surface area contributed by atoms with Crippen molar-refractivity contribution in [2.24, 2.45) is 17.1 Å². The van der Waals surface area contributed by atoms with E-state index in [1.165, 1.54) is 4.90 Å². The van der Waals surface area contributed by atoms with E-state index < -0.39 is 23.3 Å². The van der Waals surface area contributed by atoms with Gasteiger partial charge in [0, 0.05) is 24.9 Å². The van der Waals surface area contributed by atoms with Crippen molar-refractivity contribution in [3.63, 3.8) is 0 Å². The lowest BCUT2D eigenvalue weighted by atomic mass is 9.58. The van der Waals surface area contributed by atoms with Gasteiger partial charge in [-0.15, -0.1) is 0 Å². The average molecular weight is 431 g/mol. The van der Waals surface area contributed by atoms with Crippen LogP contribution in [0.1, 0.15) is 32.3 Å². The number of rotatable bonds is 4. The Hall–Kier alpha value is -3.96. The lowest BCUT2D eigenvalue weighted by molar-refractivity contribution is 0.0999. The number of carbonyl (C=O) groups is 1. The molecular formula is C24H25N5O3. The fourth-order valence-corrected chi connectivity index (χ4v) is 4.45. The van der Waals surface area contributed by atoms with Crippen molar-refractivity contribution in [2.75, 3.05) is 19.7 Å². The lowest BCUT2D eigenvalue weighted by Crippen LogP contribution is -2.49. The molecule has 0 aromatic heterocycles. The Bertz CT molecular complexity index is 1070. The number of amides is 1. The number of nitrogens with zero attached hydrogens (tertiary/aromatic N) is 4. The normalized spacial score (nSPS) is 21.5. The average Bonchev–Trinajstić information content (AvgIpc) is 2.78. The van der Waals surface area contributed by atoms with Crippen LogP contribution in [0.4, 0.5) is 4.79 Å². The number of ether oxygens (including phenoxy) is 2. The fraction of sp³-hybridized carbons (Fsp3) is 0.417. The number of benzene rings is 1. The minimum absolute atomic E-state index is 0.00406. The standard InChI is InChI=1S/C24H25N5O3/c1-4-31-23(30)29-10-9-18-19(11-25)22(28)24(13-26,14-27)21(20(18)12-29)16-5-7-17(8-6-16)32-15(2)3/h5-9,15,20-21H,4,10,12,28H2,1-3H3/t20?,21-/m0/s1. The van der Waals surface area contributed by atoms with E-state index in [9.17, 15) is 20.6 Å². The van der Waals surface area contributed by atoms with E-state index in [2.05, 4.69) is 18.2 Å². The van der Waals surface area contributed by atoms with Crippen LogP contribution in [-0.2, 0) is 4.74 Å². The Morgan fingerprint density at radius 1 is 1.25 bits per heavy atom. The first-order valence-electron chi connectivity index (χ1n) is 10.4. The van der Waals surface area contributed by atoms with Crippen molar-refractivity contribution in [3.8, 4) is 24.0 Å². The molecule has 2 N–H and O–H groups in total. The predicted octanol–water partition coefficient (Wildman–Crippen LogP) is 3.36. The highest BCUT2D eigenvalue weighted by molar-refractivity contribution is 5.69. The molecule has 0 fully saturated rings. The van der Waals surface area contributed by atoms with Gasteiger partial charge in [0.05, 0.1) is 36.1 Å². The SMILES string of the molecule is CCOC(=O)N1CC=C2C(C#N)=C(N)C(C#N)(C#N)[C@@H](c3ccc(OC(C)C)cc3)C2C1. The zero-order valence-electron chi connectivity index (χ0n) is 18.3. The topological polar surface area (TPSA) is 136 Å². The molecule has 1 amide bonds. The van der Waals surface area contributed by atoms with Gasteiger partial charge in [-0.25, -0.2) is 4.79 Å². The maximum atomic E-state index is 12.4. The van der Waals surface area contributed by atoms with E-state index in [1.807, 2.05) is 13.8 Å². The molecule has 8 nitrogen and oxygen atoms in total. The van der Waals surface area contributed by atoms with E-state index in [1.54, 1.807) is 37.3 Å². The third kappa shape index (κ3) is 3.74. The second-order valence-electron chi connectivity index (χ2n) is 8.02. The molecule has 3 rings (SSSR count). The Balaban J connectivity index is 2.17. The summed E-state index contributed by atoms with van der Waals surface area (Å²) in [5, 5.41) is 30.1. The van der Waals surface area contributed by atoms with Gasteiger partial charge in [0.15, 0.2) is 5.41 Å². The molecule has 0 saturated heterocycles. The summed E-state index contributed by atoms with van der Waals surface area (Å²) in [4.78, 5) is 13.9. The molecule has 0 bridgehead atoms. The van der Waals surface area contributed by atoms with Gasteiger partial charge in [-0.05, 0) is 44.0 Å². The minimum atomic E-state index is -1.76. The molecule has 8 heteroatoms. The number of nitriles is 3. The van der Waals surface area contributed by atoms with Crippen LogP contribution in [0.2, 0.25) is 0 Å². The highest BCUT2D eigenvalue weighted by Gasteiger charge is 2.54. The summed E-state index contributed by atoms with van der Waals surface area (Å²) in [5.74, 6) is -0.509. The molecule has 32 heavy (non-hydrogen) atoms. The summed E-state index contributed by atoms with van der Waals surface area (Å²) in [6.45, 7) is 6.24. The van der Waals surface area contributed by atoms with E-state index in [-0.39, 0.29) is 37.1 Å². The molecule has 1 heterocycles. The number of hydrogen-bond acceptors (Lipinski definition) is 7. The molecule has 0 spiro atoms. The Morgan fingerprint density at radius 3 is 2.44 bits per heavy atom. The summed E-state index contributed by atoms with van der Waals surface area (Å²) in [6.07, 6.45) is 1.27. The first kappa shape index (κ1) is 22.7. The lowest BCUT2D eigenvalue weighted by Gasteiger charge is -2.45. The van der Waals surface area contributed by atoms with Crippen LogP contribution in [-0.4, -0.2) is 36.8 Å². The molecule has 1 aliphatic heterocycles. The van der Waals surface area contributed by atoms with Gasteiger partial charge >= 0.3 is 6.09 Å². The maximum Gasteiger partial charge on any atom is 0.410 e. The van der Waals surface area contributed by atoms with Crippen molar-refractivity contribution < 1.29 is 14.3 Å². The summed E-state index contributed by atoms with van der Waals surface area (Å²) >= 11 is 0. The van der Waals surface area contributed by atoms with Gasteiger partial charge in [-0.2, -0.15) is 15.8 Å². The van der Waals surface area contributed by atoms with Gasteiger partial charge in [-0.3, -0.25) is 0 Å². The second kappa shape index (κ2) is 9.04. The van der Waals surface area contributed by atoms with Crippen LogP contribution in [0.5, 0.6) is 5.75 Å². The van der Waals surface area contributed by atoms with Crippen molar-refractivity contribution in [2.45, 2.75) is 32.8 Å². The number of carbonyl (C=O) groups excluding carboxylic acids is 1. The highest BCUT2D eigenvalue weighted by Crippen LogP contribution is 2.54. The summed E-state index contributed by atoms with van der Waals surface area (Å²) in [6, 6.07) is 13.4. The minimum Gasteiger partial charge on any atom is -0.491 e. The predicted molar refractivity (Wildman–Crippen MR) is 116 cm³/mol. The first-order valence-corrected chi connectivity index (χ1v) is 10.4. The van der Waals surface area contributed by atoms with Gasteiger partial charge in [0.25, 0.3) is 0 Å². The first-order chi connectivity index (χ1) is 15.3. The van der Waals surface area contributed by atoms with Crippen LogP contribution in [0.25, 0.3) is 0 Å². The van der Waals surface area contributed by atoms with E-state index >= 15 is 0 Å². The third-order valence-corrected chi connectivity index (χ3v) is 5.80. The van der Waals surface area contributed by atoms with Crippen LogP contribution in [0.3, 0.4) is 0 Å². The highest BCUT2D eigenvalue weighted by atomic mass is 16.6. The fourth-order valence-electron chi connectivity index (χ4n) is 4.45. The van der Waals surface area contributed by atoms with Crippen molar-refractivity contribution in [3.05, 3.63) is 52.7 Å². The molecule has 1 aliphatic carbocycles. The van der Waals surface area contributed by atoms with Crippen molar-refractivity contribution >= 4 is 6.09 Å². The number of nitrogens with two attached hydrogens (primary N) is 1. The molecule has 0 saturated carbocycles. The number of allylic oxidation sites excluding steroid dienone is 2. The molecule has 1 unspecified atom stereocenters. The second-order valence-corrected chi connectivity index (χ2v) is 8.02. The van der Waals surface area contributed by atoms with Crippen molar-refractivity contribution in [1.82, 2.24) is 4.90 Å². The molecule has 0 radical (unpaired) electrons. The van der Waals surface area contributed by atoms with Crippen LogP contribution < -0.4 is 10.5 Å². The number of fused-ring (bicyclic) bond motifs is 1. The third-order valence-electron chi connectivity index (χ3n) is 5.80. The van der Waals surface area contributed by atoms with Gasteiger partial charge < -0.3 is 20.1 Å². The Morgan fingerprint density at radius 2 is 1.91 bits per heavy atom. The Labute approximate surface area is 187 Å². The van der Waals surface area contributed by atoms with Crippen LogP contribution in [0.15, 0.2) is 47.2 Å². The monoisotopic (exact) mass is 431 g/mol. The van der Waals surface area contributed by atoms with Crippen molar-refractivity contribution in [1.29, 1.82) is 15.8 Å². The molecule has 164 valence electrons. The van der Waals surface area contributed by atoms with Crippen LogP contribution in [0, 0.1) is 45.3 Å². The van der Waals surface area contributed by atoms with Gasteiger partial charge in [0.2, 0.25) is 0 Å².